The van der Waals surface area contributed by atoms with Gasteiger partial charge in [0, 0.05) is 33.5 Å². The Balaban J connectivity index is 2.63. The van der Waals surface area contributed by atoms with Crippen molar-refractivity contribution in [1.29, 1.82) is 0 Å². The van der Waals surface area contributed by atoms with Gasteiger partial charge in [-0.05, 0) is 34.5 Å². The highest BCUT2D eigenvalue weighted by Crippen LogP contribution is 2.29. The third kappa shape index (κ3) is 5.10. The lowest BCUT2D eigenvalue weighted by molar-refractivity contribution is -0.385. The van der Waals surface area contributed by atoms with Crippen molar-refractivity contribution in [3.05, 3.63) is 62.5 Å². The van der Waals surface area contributed by atoms with Crippen molar-refractivity contribution < 1.29 is 21.8 Å². The van der Waals surface area contributed by atoms with E-state index in [0.29, 0.717) is 0 Å². The van der Waals surface area contributed by atoms with Gasteiger partial charge in [0.25, 0.3) is 23.8 Å². The number of nitro benzene ring substituents is 1. The maximum absolute atomic E-state index is 11.7. The van der Waals surface area contributed by atoms with Gasteiger partial charge in [-0.15, -0.1) is 4.91 Å². The van der Waals surface area contributed by atoms with E-state index in [9.17, 15) is 31.9 Å². The number of non-ortho nitro benzene ring substituents is 1. The Hall–Kier alpha value is -2.34. The summed E-state index contributed by atoms with van der Waals surface area (Å²) in [6.07, 6.45) is 2.39. The first-order chi connectivity index (χ1) is 12.4. The summed E-state index contributed by atoms with van der Waals surface area (Å²) in [5, 5.41) is 13.4. The Labute approximate surface area is 162 Å². The van der Waals surface area contributed by atoms with Gasteiger partial charge >= 0.3 is 0 Å². The van der Waals surface area contributed by atoms with Crippen LogP contribution < -0.4 is 0 Å². The van der Waals surface area contributed by atoms with Crippen molar-refractivity contribution in [2.45, 2.75) is 9.79 Å². The first-order valence-corrected chi connectivity index (χ1v) is 11.4. The van der Waals surface area contributed by atoms with Gasteiger partial charge in [0.1, 0.15) is 5.69 Å². The number of nitroso groups, excluding NO2 is 1. The van der Waals surface area contributed by atoms with Crippen molar-refractivity contribution >= 4 is 63.0 Å². The molecular weight excluding hydrogens is 443 g/mol. The Bertz CT molecular complexity index is 1180. The summed E-state index contributed by atoms with van der Waals surface area (Å²) in [4.78, 5) is 19.7. The van der Waals surface area contributed by atoms with Crippen LogP contribution in [0.1, 0.15) is 11.1 Å². The fourth-order valence-corrected chi connectivity index (χ4v) is 4.25. The van der Waals surface area contributed by atoms with Gasteiger partial charge in [-0.3, -0.25) is 10.1 Å². The summed E-state index contributed by atoms with van der Waals surface area (Å²) in [7, 11) is 2.09. The van der Waals surface area contributed by atoms with E-state index in [4.69, 9.17) is 21.4 Å². The zero-order valence-corrected chi connectivity index (χ0v) is 16.1. The number of hydrogen-bond donors (Lipinski definition) is 0. The molecule has 0 spiro atoms. The summed E-state index contributed by atoms with van der Waals surface area (Å²) in [6, 6.07) is 6.39. The molecule has 0 aliphatic carbocycles. The second-order valence-electron chi connectivity index (χ2n) is 5.00. The SMILES string of the molecule is O=Nc1ccc(/C=C/c2ccc([N+](=O)[O-])cc2S(=O)(=O)Cl)c(S(=O)(=O)Cl)c1. The second-order valence-corrected chi connectivity index (χ2v) is 10.1. The minimum absolute atomic E-state index is 0.0221. The van der Waals surface area contributed by atoms with Crippen LogP contribution in [0.2, 0.25) is 0 Å². The number of nitrogens with zero attached hydrogens (tertiary/aromatic N) is 2. The standard InChI is InChI=1S/C14H8Cl2N2O7S2/c15-26(22,23)13-7-11(17-19)5-3-9(13)1-2-10-4-6-12(18(20)21)8-14(10)27(16,24)25/h1-8H/b2-1+. The van der Waals surface area contributed by atoms with Crippen molar-refractivity contribution in [2.75, 3.05) is 0 Å². The van der Waals surface area contributed by atoms with Crippen LogP contribution >= 0.6 is 21.4 Å². The summed E-state index contributed by atoms with van der Waals surface area (Å²) in [5.41, 5.74) is -0.651. The Morgan fingerprint density at radius 3 is 1.81 bits per heavy atom. The van der Waals surface area contributed by atoms with E-state index >= 15 is 0 Å². The predicted molar refractivity (Wildman–Crippen MR) is 100.0 cm³/mol. The van der Waals surface area contributed by atoms with Crippen molar-refractivity contribution in [3.8, 4) is 0 Å². The minimum atomic E-state index is -4.33. The number of halogens is 2. The second kappa shape index (κ2) is 7.72. The van der Waals surface area contributed by atoms with Gasteiger partial charge in [0.2, 0.25) is 0 Å². The zero-order valence-electron chi connectivity index (χ0n) is 12.9. The van der Waals surface area contributed by atoms with Gasteiger partial charge in [-0.25, -0.2) is 16.8 Å². The molecule has 0 atom stereocenters. The maximum atomic E-state index is 11.7. The average molecular weight is 451 g/mol. The smallest absolute Gasteiger partial charge is 0.258 e. The Kier molecular flexibility index (Phi) is 6.00. The third-order valence-corrected chi connectivity index (χ3v) is 6.03. The van der Waals surface area contributed by atoms with E-state index in [1.54, 1.807) is 0 Å². The van der Waals surface area contributed by atoms with E-state index in [-0.39, 0.29) is 16.8 Å². The van der Waals surface area contributed by atoms with E-state index in [1.807, 2.05) is 0 Å². The maximum Gasteiger partial charge on any atom is 0.270 e. The largest absolute Gasteiger partial charge is 0.270 e. The molecule has 2 aromatic rings. The van der Waals surface area contributed by atoms with E-state index in [1.165, 1.54) is 24.3 Å². The quantitative estimate of drug-likeness (QED) is 0.212. The molecule has 0 amide bonds. The normalized spacial score (nSPS) is 12.2. The van der Waals surface area contributed by atoms with Crippen molar-refractivity contribution in [1.82, 2.24) is 0 Å². The fraction of sp³-hybridized carbons (Fsp3) is 0. The van der Waals surface area contributed by atoms with Crippen LogP contribution in [-0.2, 0) is 18.1 Å². The third-order valence-electron chi connectivity index (χ3n) is 3.28. The molecule has 142 valence electrons. The van der Waals surface area contributed by atoms with Crippen LogP contribution in [0.5, 0.6) is 0 Å². The molecule has 0 bridgehead atoms. The molecular formula is C14H8Cl2N2O7S2. The van der Waals surface area contributed by atoms with Crippen LogP contribution in [0, 0.1) is 15.0 Å². The molecule has 0 aliphatic heterocycles. The van der Waals surface area contributed by atoms with Crippen LogP contribution in [0.4, 0.5) is 11.4 Å². The Morgan fingerprint density at radius 1 is 0.889 bits per heavy atom. The van der Waals surface area contributed by atoms with Gasteiger partial charge in [-0.2, -0.15) is 0 Å². The molecule has 0 saturated carbocycles. The number of nitro groups is 1. The van der Waals surface area contributed by atoms with Crippen molar-refractivity contribution in [3.63, 3.8) is 0 Å². The summed E-state index contributed by atoms with van der Waals surface area (Å²) in [5.74, 6) is 0. The topological polar surface area (TPSA) is 141 Å². The molecule has 9 nitrogen and oxygen atoms in total. The predicted octanol–water partition coefficient (Wildman–Crippen LogP) is 4.02. The monoisotopic (exact) mass is 450 g/mol. The minimum Gasteiger partial charge on any atom is -0.258 e. The molecule has 0 radical (unpaired) electrons. The molecule has 0 saturated heterocycles. The highest BCUT2D eigenvalue weighted by atomic mass is 35.7. The number of benzene rings is 2. The van der Waals surface area contributed by atoms with Gasteiger partial charge in [-0.1, -0.05) is 18.2 Å². The molecule has 0 aromatic heterocycles. The lowest BCUT2D eigenvalue weighted by Crippen LogP contribution is -1.98. The molecule has 0 aliphatic rings. The van der Waals surface area contributed by atoms with E-state index < -0.39 is 38.5 Å². The molecule has 0 N–H and O–H groups in total. The average Bonchev–Trinajstić information content (AvgIpc) is 2.58. The molecule has 13 heteroatoms. The summed E-state index contributed by atoms with van der Waals surface area (Å²) >= 11 is 0. The molecule has 0 fully saturated rings. The van der Waals surface area contributed by atoms with Gasteiger partial charge in [0.05, 0.1) is 14.7 Å². The lowest BCUT2D eigenvalue weighted by Gasteiger charge is -2.05. The molecule has 0 heterocycles. The highest BCUT2D eigenvalue weighted by Gasteiger charge is 2.20. The molecule has 27 heavy (non-hydrogen) atoms. The molecule has 0 unspecified atom stereocenters. The van der Waals surface area contributed by atoms with Crippen molar-refractivity contribution in [2.24, 2.45) is 5.18 Å². The number of rotatable bonds is 6. The summed E-state index contributed by atoms with van der Waals surface area (Å²) < 4.78 is 46.7. The first kappa shape index (κ1) is 21.0. The van der Waals surface area contributed by atoms with E-state index in [0.717, 1.165) is 24.3 Å². The Morgan fingerprint density at radius 2 is 1.37 bits per heavy atom. The van der Waals surface area contributed by atoms with Gasteiger partial charge in [0.15, 0.2) is 0 Å². The first-order valence-electron chi connectivity index (χ1n) is 6.77. The summed E-state index contributed by atoms with van der Waals surface area (Å²) in [6.45, 7) is 0. The molecule has 2 aromatic carbocycles. The highest BCUT2D eigenvalue weighted by molar-refractivity contribution is 8.14. The number of hydrogen-bond acceptors (Lipinski definition) is 8. The van der Waals surface area contributed by atoms with Gasteiger partial charge < -0.3 is 0 Å². The van der Waals surface area contributed by atoms with Crippen LogP contribution in [0.25, 0.3) is 12.2 Å². The van der Waals surface area contributed by atoms with E-state index in [2.05, 4.69) is 5.18 Å². The molecule has 2 rings (SSSR count). The van der Waals surface area contributed by atoms with Crippen LogP contribution in [0.15, 0.2) is 51.4 Å². The fourth-order valence-electron chi connectivity index (χ4n) is 2.09. The zero-order chi connectivity index (χ0) is 20.4. The van der Waals surface area contributed by atoms with Crippen LogP contribution in [0.3, 0.4) is 0 Å². The van der Waals surface area contributed by atoms with Crippen LogP contribution in [-0.4, -0.2) is 21.8 Å². The lowest BCUT2D eigenvalue weighted by atomic mass is 10.1.